The zero-order valence-electron chi connectivity index (χ0n) is 13.0. The zero-order valence-corrected chi connectivity index (χ0v) is 14.6. The maximum absolute atomic E-state index is 12.5. The number of Topliss-reactive ketones (excluding diaryl/α,β-unsaturated/α-hetero) is 1. The summed E-state index contributed by atoms with van der Waals surface area (Å²) in [6.07, 6.45) is 0. The molecule has 0 radical (unpaired) electrons. The topological polar surface area (TPSA) is 20.3 Å². The van der Waals surface area contributed by atoms with Crippen LogP contribution in [0, 0.1) is 0 Å². The van der Waals surface area contributed by atoms with Gasteiger partial charge in [-0.25, -0.2) is 0 Å². The Balaban J connectivity index is 1.69. The van der Waals surface area contributed by atoms with Crippen molar-refractivity contribution < 1.29 is 4.79 Å². The van der Waals surface area contributed by atoms with Crippen molar-refractivity contribution in [3.8, 4) is 0 Å². The Labute approximate surface area is 144 Å². The second-order valence-corrected chi connectivity index (χ2v) is 6.70. The van der Waals surface area contributed by atoms with Gasteiger partial charge in [-0.15, -0.1) is 0 Å². The molecule has 0 amide bonds. The summed E-state index contributed by atoms with van der Waals surface area (Å²) in [5, 5.41) is 2.26. The molecule has 0 N–H and O–H groups in total. The molecule has 3 aromatic rings. The molecule has 0 atom stereocenters. The van der Waals surface area contributed by atoms with Crippen molar-refractivity contribution in [1.82, 2.24) is 4.90 Å². The Bertz CT molecular complexity index is 844. The van der Waals surface area contributed by atoms with Crippen LogP contribution in [0.2, 0.25) is 0 Å². The number of hydrogen-bond donors (Lipinski definition) is 0. The van der Waals surface area contributed by atoms with E-state index in [1.54, 1.807) is 0 Å². The number of fused-ring (bicyclic) bond motifs is 1. The van der Waals surface area contributed by atoms with Gasteiger partial charge < -0.3 is 0 Å². The smallest absolute Gasteiger partial charge is 0.176 e. The Morgan fingerprint density at radius 1 is 0.957 bits per heavy atom. The number of benzene rings is 3. The second-order valence-electron chi connectivity index (χ2n) is 5.79. The molecule has 2 nitrogen and oxygen atoms in total. The van der Waals surface area contributed by atoms with Gasteiger partial charge in [0.2, 0.25) is 0 Å². The van der Waals surface area contributed by atoms with E-state index < -0.39 is 0 Å². The highest BCUT2D eigenvalue weighted by Crippen LogP contribution is 2.17. The third-order valence-corrected chi connectivity index (χ3v) is 4.32. The molecule has 0 fully saturated rings. The molecule has 0 aliphatic heterocycles. The Morgan fingerprint density at radius 3 is 2.52 bits per heavy atom. The van der Waals surface area contributed by atoms with Crippen molar-refractivity contribution in [3.63, 3.8) is 0 Å². The molecular formula is C20H18BrNO. The van der Waals surface area contributed by atoms with E-state index >= 15 is 0 Å². The van der Waals surface area contributed by atoms with Gasteiger partial charge in [0.15, 0.2) is 5.78 Å². The molecule has 23 heavy (non-hydrogen) atoms. The number of hydrogen-bond acceptors (Lipinski definition) is 2. The summed E-state index contributed by atoms with van der Waals surface area (Å²) in [6.45, 7) is 1.16. The van der Waals surface area contributed by atoms with E-state index in [9.17, 15) is 4.79 Å². The Hall–Kier alpha value is -1.97. The maximum atomic E-state index is 12.5. The van der Waals surface area contributed by atoms with Crippen LogP contribution < -0.4 is 0 Å². The molecule has 0 aromatic heterocycles. The molecule has 0 aliphatic carbocycles. The molecule has 3 aromatic carbocycles. The fourth-order valence-electron chi connectivity index (χ4n) is 2.70. The van der Waals surface area contributed by atoms with E-state index in [2.05, 4.69) is 34.1 Å². The molecule has 0 aliphatic rings. The highest BCUT2D eigenvalue weighted by molar-refractivity contribution is 9.10. The molecule has 0 spiro atoms. The predicted octanol–water partition coefficient (Wildman–Crippen LogP) is 4.92. The van der Waals surface area contributed by atoms with Gasteiger partial charge in [-0.3, -0.25) is 9.69 Å². The second kappa shape index (κ2) is 7.07. The molecule has 116 valence electrons. The normalized spacial score (nSPS) is 11.1. The van der Waals surface area contributed by atoms with Crippen LogP contribution in [0.3, 0.4) is 0 Å². The van der Waals surface area contributed by atoms with E-state index in [4.69, 9.17) is 0 Å². The van der Waals surface area contributed by atoms with Gasteiger partial charge in [0.25, 0.3) is 0 Å². The fourth-order valence-corrected chi connectivity index (χ4v) is 3.15. The summed E-state index contributed by atoms with van der Waals surface area (Å²) in [5.41, 5.74) is 1.96. The largest absolute Gasteiger partial charge is 0.295 e. The van der Waals surface area contributed by atoms with Crippen LogP contribution >= 0.6 is 15.9 Å². The van der Waals surface area contributed by atoms with Crippen molar-refractivity contribution in [3.05, 3.63) is 82.3 Å². The van der Waals surface area contributed by atoms with E-state index in [1.807, 2.05) is 60.5 Å². The van der Waals surface area contributed by atoms with E-state index in [1.165, 1.54) is 5.56 Å². The number of halogens is 1. The summed E-state index contributed by atoms with van der Waals surface area (Å²) in [7, 11) is 1.97. The van der Waals surface area contributed by atoms with E-state index in [-0.39, 0.29) is 5.78 Å². The first-order valence-electron chi connectivity index (χ1n) is 7.57. The van der Waals surface area contributed by atoms with Crippen molar-refractivity contribution in [2.45, 2.75) is 6.54 Å². The van der Waals surface area contributed by atoms with Crippen molar-refractivity contribution in [2.75, 3.05) is 13.6 Å². The van der Waals surface area contributed by atoms with Crippen LogP contribution in [-0.4, -0.2) is 24.3 Å². The third-order valence-electron chi connectivity index (χ3n) is 3.83. The lowest BCUT2D eigenvalue weighted by Gasteiger charge is -2.16. The van der Waals surface area contributed by atoms with Gasteiger partial charge in [0.05, 0.1) is 6.54 Å². The van der Waals surface area contributed by atoms with Crippen LogP contribution in [-0.2, 0) is 6.54 Å². The van der Waals surface area contributed by atoms with Crippen molar-refractivity contribution >= 4 is 32.5 Å². The standard InChI is InChI=1S/C20H18BrNO/c1-22(13-15-5-4-8-19(21)11-15)14-20(23)18-10-9-16-6-2-3-7-17(16)12-18/h2-12H,13-14H2,1H3. The van der Waals surface area contributed by atoms with Gasteiger partial charge >= 0.3 is 0 Å². The van der Waals surface area contributed by atoms with E-state index in [0.29, 0.717) is 6.54 Å². The average Bonchev–Trinajstić information content (AvgIpc) is 2.54. The molecule has 0 saturated heterocycles. The lowest BCUT2D eigenvalue weighted by atomic mass is 10.0. The molecule has 0 unspecified atom stereocenters. The highest BCUT2D eigenvalue weighted by Gasteiger charge is 2.10. The highest BCUT2D eigenvalue weighted by atomic mass is 79.9. The van der Waals surface area contributed by atoms with Gasteiger partial charge in [0, 0.05) is 16.6 Å². The average molecular weight is 368 g/mol. The predicted molar refractivity (Wildman–Crippen MR) is 98.8 cm³/mol. The number of ketones is 1. The Kier molecular flexibility index (Phi) is 4.89. The summed E-state index contributed by atoms with van der Waals surface area (Å²) in [4.78, 5) is 14.5. The molecule has 0 bridgehead atoms. The first kappa shape index (κ1) is 15.9. The lowest BCUT2D eigenvalue weighted by Crippen LogP contribution is -2.25. The van der Waals surface area contributed by atoms with Crippen molar-refractivity contribution in [2.24, 2.45) is 0 Å². The minimum Gasteiger partial charge on any atom is -0.295 e. The first-order valence-corrected chi connectivity index (χ1v) is 8.36. The van der Waals surface area contributed by atoms with Gasteiger partial charge in [-0.1, -0.05) is 64.5 Å². The number of likely N-dealkylation sites (N-methyl/N-ethyl adjacent to an activating group) is 1. The summed E-state index contributed by atoms with van der Waals surface area (Å²) < 4.78 is 1.06. The zero-order chi connectivity index (χ0) is 16.2. The number of rotatable bonds is 5. The first-order chi connectivity index (χ1) is 11.1. The molecule has 3 heteroatoms. The summed E-state index contributed by atoms with van der Waals surface area (Å²) in [5.74, 6) is 0.147. The molecule has 0 heterocycles. The van der Waals surface area contributed by atoms with Crippen LogP contribution in [0.15, 0.2) is 71.2 Å². The number of nitrogens with zero attached hydrogens (tertiary/aromatic N) is 1. The number of carbonyl (C=O) groups is 1. The van der Waals surface area contributed by atoms with Crippen LogP contribution in [0.4, 0.5) is 0 Å². The SMILES string of the molecule is CN(CC(=O)c1ccc2ccccc2c1)Cc1cccc(Br)c1. The molecule has 3 rings (SSSR count). The van der Waals surface area contributed by atoms with E-state index in [0.717, 1.165) is 27.4 Å². The number of carbonyl (C=O) groups excluding carboxylic acids is 1. The summed E-state index contributed by atoms with van der Waals surface area (Å²) >= 11 is 3.48. The quantitative estimate of drug-likeness (QED) is 0.596. The van der Waals surface area contributed by atoms with Gasteiger partial charge in [-0.2, -0.15) is 0 Å². The van der Waals surface area contributed by atoms with Gasteiger partial charge in [-0.05, 0) is 41.6 Å². The fraction of sp³-hybridized carbons (Fsp3) is 0.150. The van der Waals surface area contributed by atoms with Crippen LogP contribution in [0.1, 0.15) is 15.9 Å². The van der Waals surface area contributed by atoms with Crippen molar-refractivity contribution in [1.29, 1.82) is 0 Å². The molecular weight excluding hydrogens is 350 g/mol. The maximum Gasteiger partial charge on any atom is 0.176 e. The van der Waals surface area contributed by atoms with Gasteiger partial charge in [0.1, 0.15) is 0 Å². The van der Waals surface area contributed by atoms with Crippen LogP contribution in [0.25, 0.3) is 10.8 Å². The third kappa shape index (κ3) is 4.06. The lowest BCUT2D eigenvalue weighted by molar-refractivity contribution is 0.0943. The van der Waals surface area contributed by atoms with Crippen LogP contribution in [0.5, 0.6) is 0 Å². The summed E-state index contributed by atoms with van der Waals surface area (Å²) in [6, 6.07) is 22.2. The minimum atomic E-state index is 0.147. The molecule has 0 saturated carbocycles. The minimum absolute atomic E-state index is 0.147. The Morgan fingerprint density at radius 2 is 1.74 bits per heavy atom. The monoisotopic (exact) mass is 367 g/mol.